The van der Waals surface area contributed by atoms with Crippen LogP contribution in [0, 0.1) is 18.8 Å². The molecule has 4 unspecified atom stereocenters. The molecule has 10 nitrogen and oxygen atoms in total. The zero-order chi connectivity index (χ0) is 27.0. The minimum Gasteiger partial charge on any atom is -0.508 e. The fourth-order valence-electron chi connectivity index (χ4n) is 6.22. The number of phenolic OH excluding ortho intramolecular Hbond substituents is 1. The number of nitrogens with zero attached hydrogens (tertiary/aromatic N) is 2. The third-order valence-electron chi connectivity index (χ3n) is 7.79. The van der Waals surface area contributed by atoms with Crippen molar-refractivity contribution in [1.29, 1.82) is 0 Å². The molecule has 1 heterocycles. The van der Waals surface area contributed by atoms with Crippen LogP contribution in [-0.4, -0.2) is 73.5 Å². The Morgan fingerprint density at radius 1 is 1.16 bits per heavy atom. The highest BCUT2D eigenvalue weighted by Crippen LogP contribution is 2.53. The molecule has 0 radical (unpaired) electrons. The molecule has 2 aromatic rings. The lowest BCUT2D eigenvalue weighted by atomic mass is 9.57. The number of nitrogens with two attached hydrogens (primary N) is 1. The Hall–Kier alpha value is -4.02. The maximum atomic E-state index is 13.9. The fraction of sp³-hybridized carbons (Fsp3) is 0.333. The number of aliphatic hydroxyl groups excluding tert-OH is 2. The molecule has 192 valence electrons. The van der Waals surface area contributed by atoms with Gasteiger partial charge in [0.1, 0.15) is 22.8 Å². The molecule has 0 aliphatic heterocycles. The second-order valence-corrected chi connectivity index (χ2v) is 10.2. The molecule has 0 saturated heterocycles. The number of phenols is 1. The predicted octanol–water partition coefficient (Wildman–Crippen LogP) is 1.33. The molecule has 1 saturated carbocycles. The number of carbonyl (C=O) groups excluding carboxylic acids is 3. The van der Waals surface area contributed by atoms with Crippen molar-refractivity contribution in [2.45, 2.75) is 31.4 Å². The number of fused-ring (bicyclic) bond motifs is 3. The number of aryl methyl sites for hydroxylation is 1. The van der Waals surface area contributed by atoms with Crippen LogP contribution < -0.4 is 5.73 Å². The van der Waals surface area contributed by atoms with E-state index in [0.717, 1.165) is 11.1 Å². The highest BCUT2D eigenvalue weighted by Gasteiger charge is 2.64. The molecule has 0 bridgehead atoms. The Bertz CT molecular complexity index is 1460. The zero-order valence-electron chi connectivity index (χ0n) is 20.5. The summed E-state index contributed by atoms with van der Waals surface area (Å²) < 4.78 is 0. The number of aliphatic hydroxyl groups is 3. The summed E-state index contributed by atoms with van der Waals surface area (Å²) in [5, 5.41) is 44.6. The van der Waals surface area contributed by atoms with Gasteiger partial charge in [0.2, 0.25) is 5.78 Å². The van der Waals surface area contributed by atoms with Gasteiger partial charge in [0, 0.05) is 29.4 Å². The van der Waals surface area contributed by atoms with Crippen molar-refractivity contribution in [2.75, 3.05) is 14.1 Å². The molecule has 1 amide bonds. The van der Waals surface area contributed by atoms with Gasteiger partial charge >= 0.3 is 0 Å². The first-order chi connectivity index (χ1) is 17.4. The number of Topliss-reactive ketones (excluding diaryl/α,β-unsaturated/α-hetero) is 2. The monoisotopic (exact) mass is 505 g/mol. The van der Waals surface area contributed by atoms with Crippen molar-refractivity contribution in [1.82, 2.24) is 9.88 Å². The Morgan fingerprint density at radius 3 is 2.49 bits per heavy atom. The third-order valence-corrected chi connectivity index (χ3v) is 7.79. The average molecular weight is 506 g/mol. The molecule has 6 N–H and O–H groups in total. The Labute approximate surface area is 212 Å². The number of pyridine rings is 1. The van der Waals surface area contributed by atoms with Crippen molar-refractivity contribution in [3.8, 4) is 16.9 Å². The third kappa shape index (κ3) is 3.32. The maximum absolute atomic E-state index is 13.9. The molecule has 37 heavy (non-hydrogen) atoms. The van der Waals surface area contributed by atoms with Crippen LogP contribution in [0.15, 0.2) is 47.5 Å². The number of hydrogen-bond acceptors (Lipinski definition) is 9. The molecule has 0 spiro atoms. The van der Waals surface area contributed by atoms with Gasteiger partial charge in [0.15, 0.2) is 11.4 Å². The van der Waals surface area contributed by atoms with Crippen LogP contribution in [-0.2, 0) is 20.8 Å². The average Bonchev–Trinajstić information content (AvgIpc) is 2.81. The summed E-state index contributed by atoms with van der Waals surface area (Å²) in [6.07, 6.45) is 3.62. The van der Waals surface area contributed by atoms with Crippen LogP contribution in [0.1, 0.15) is 23.1 Å². The number of benzene rings is 1. The van der Waals surface area contributed by atoms with E-state index in [1.807, 2.05) is 13.0 Å². The molecule has 10 heteroatoms. The van der Waals surface area contributed by atoms with E-state index in [9.17, 15) is 34.8 Å². The molecule has 1 fully saturated rings. The SMILES string of the molecule is Cc1cncc(-c2ccc(O)c3c2CC2CC4C(N(C)C)C(=O)C(C(N)=O)=C(O)C4(O)C(=O)C2=C3O)c1. The lowest BCUT2D eigenvalue weighted by Gasteiger charge is -2.50. The Morgan fingerprint density at radius 2 is 1.86 bits per heavy atom. The van der Waals surface area contributed by atoms with Crippen LogP contribution in [0.25, 0.3) is 16.9 Å². The number of amides is 1. The normalized spacial score (nSPS) is 27.2. The van der Waals surface area contributed by atoms with Gasteiger partial charge in [0.05, 0.1) is 11.6 Å². The molecule has 1 aromatic carbocycles. The van der Waals surface area contributed by atoms with Gasteiger partial charge in [-0.3, -0.25) is 24.3 Å². The maximum Gasteiger partial charge on any atom is 0.255 e. The van der Waals surface area contributed by atoms with E-state index in [1.54, 1.807) is 32.6 Å². The minimum atomic E-state index is -2.65. The smallest absolute Gasteiger partial charge is 0.255 e. The lowest BCUT2D eigenvalue weighted by molar-refractivity contribution is -0.153. The number of hydrogen-bond donors (Lipinski definition) is 5. The van der Waals surface area contributed by atoms with E-state index in [1.165, 1.54) is 11.0 Å². The first kappa shape index (κ1) is 24.7. The van der Waals surface area contributed by atoms with Crippen molar-refractivity contribution in [3.63, 3.8) is 0 Å². The van der Waals surface area contributed by atoms with Gasteiger partial charge in [-0.15, -0.1) is 0 Å². The Kier molecular flexibility index (Phi) is 5.50. The quantitative estimate of drug-likeness (QED) is 0.386. The summed E-state index contributed by atoms with van der Waals surface area (Å²) in [7, 11) is 3.13. The number of carbonyl (C=O) groups is 3. The van der Waals surface area contributed by atoms with Gasteiger partial charge in [-0.1, -0.05) is 6.07 Å². The number of aromatic nitrogens is 1. The predicted molar refractivity (Wildman–Crippen MR) is 132 cm³/mol. The van der Waals surface area contributed by atoms with Crippen LogP contribution in [0.2, 0.25) is 0 Å². The number of primary amides is 1. The summed E-state index contributed by atoms with van der Waals surface area (Å²) in [6.45, 7) is 1.89. The molecule has 4 atom stereocenters. The van der Waals surface area contributed by atoms with Crippen LogP contribution >= 0.6 is 0 Å². The molecule has 1 aromatic heterocycles. The first-order valence-corrected chi connectivity index (χ1v) is 11.8. The van der Waals surface area contributed by atoms with E-state index in [4.69, 9.17) is 5.73 Å². The van der Waals surface area contributed by atoms with Gasteiger partial charge in [0.25, 0.3) is 5.91 Å². The van der Waals surface area contributed by atoms with Crippen molar-refractivity contribution in [2.24, 2.45) is 17.6 Å². The standard InChI is InChI=1S/C27H27N3O7/c1-11-6-13(10-29-9-11)14-4-5-17(31)19-15(14)7-12-8-16-21(30(2)3)23(33)20(26(28)36)25(35)27(16,37)24(34)18(12)22(19)32/h4-6,9-10,12,16,21,31-32,35,37H,7-8H2,1-3H3,(H2,28,36). The highest BCUT2D eigenvalue weighted by atomic mass is 16.3. The molecule has 3 aliphatic rings. The summed E-state index contributed by atoms with van der Waals surface area (Å²) >= 11 is 0. The van der Waals surface area contributed by atoms with Crippen LogP contribution in [0.4, 0.5) is 0 Å². The van der Waals surface area contributed by atoms with E-state index in [-0.39, 0.29) is 29.7 Å². The minimum absolute atomic E-state index is 0.0346. The first-order valence-electron chi connectivity index (χ1n) is 11.8. The van der Waals surface area contributed by atoms with Gasteiger partial charge in [-0.25, -0.2) is 0 Å². The molecular weight excluding hydrogens is 478 g/mol. The molecular formula is C27H27N3O7. The van der Waals surface area contributed by atoms with Gasteiger partial charge in [-0.05, 0) is 68.6 Å². The topological polar surface area (TPSA) is 174 Å². The van der Waals surface area contributed by atoms with Crippen molar-refractivity contribution in [3.05, 3.63) is 64.2 Å². The second kappa shape index (κ2) is 8.25. The van der Waals surface area contributed by atoms with E-state index in [0.29, 0.717) is 11.1 Å². The van der Waals surface area contributed by atoms with Crippen LogP contribution in [0.3, 0.4) is 0 Å². The summed E-state index contributed by atoms with van der Waals surface area (Å²) in [5.41, 5.74) is 4.71. The Balaban J connectivity index is 1.75. The number of ketones is 2. The molecule has 3 aliphatic carbocycles. The van der Waals surface area contributed by atoms with Gasteiger partial charge in [-0.2, -0.15) is 0 Å². The van der Waals surface area contributed by atoms with E-state index in [2.05, 4.69) is 4.98 Å². The summed E-state index contributed by atoms with van der Waals surface area (Å²) in [4.78, 5) is 44.8. The summed E-state index contributed by atoms with van der Waals surface area (Å²) in [5.74, 6) is -6.72. The van der Waals surface area contributed by atoms with E-state index >= 15 is 0 Å². The highest BCUT2D eigenvalue weighted by molar-refractivity contribution is 6.24. The summed E-state index contributed by atoms with van der Waals surface area (Å²) in [6, 6.07) is 3.91. The van der Waals surface area contributed by atoms with Crippen molar-refractivity contribution >= 4 is 23.2 Å². The number of likely N-dealkylation sites (N-methyl/N-ethyl adjacent to an activating group) is 1. The lowest BCUT2D eigenvalue weighted by Crippen LogP contribution is -2.65. The second-order valence-electron chi connectivity index (χ2n) is 10.2. The van der Waals surface area contributed by atoms with Crippen molar-refractivity contribution < 1.29 is 34.8 Å². The zero-order valence-corrected chi connectivity index (χ0v) is 20.5. The number of aromatic hydroxyl groups is 1. The van der Waals surface area contributed by atoms with Gasteiger partial charge < -0.3 is 26.2 Å². The molecule has 5 rings (SSSR count). The van der Waals surface area contributed by atoms with E-state index < -0.39 is 58.0 Å². The van der Waals surface area contributed by atoms with Crippen LogP contribution in [0.5, 0.6) is 5.75 Å². The largest absolute Gasteiger partial charge is 0.508 e. The number of rotatable bonds is 3. The fourth-order valence-corrected chi connectivity index (χ4v) is 6.22.